The van der Waals surface area contributed by atoms with Crippen molar-refractivity contribution in [1.82, 2.24) is 4.98 Å². The van der Waals surface area contributed by atoms with Gasteiger partial charge in [0.05, 0.1) is 18.9 Å². The summed E-state index contributed by atoms with van der Waals surface area (Å²) in [6.07, 6.45) is 1.09. The Morgan fingerprint density at radius 1 is 1.14 bits per heavy atom. The molecule has 1 saturated heterocycles. The van der Waals surface area contributed by atoms with Crippen molar-refractivity contribution in [2.24, 2.45) is 0 Å². The monoisotopic (exact) mass is 398 g/mol. The Balaban J connectivity index is 1.42. The first-order valence-electron chi connectivity index (χ1n) is 9.43. The van der Waals surface area contributed by atoms with Crippen molar-refractivity contribution >= 4 is 17.3 Å². The maximum Gasteiger partial charge on any atom is 0.217 e. The summed E-state index contributed by atoms with van der Waals surface area (Å²) >= 11 is 5.97. The van der Waals surface area contributed by atoms with Gasteiger partial charge in [0, 0.05) is 22.7 Å². The third kappa shape index (κ3) is 4.32. The van der Waals surface area contributed by atoms with Crippen LogP contribution in [0.1, 0.15) is 31.0 Å². The Morgan fingerprint density at radius 2 is 1.89 bits per heavy atom. The quantitative estimate of drug-likeness (QED) is 0.581. The molecule has 0 radical (unpaired) electrons. The molecule has 1 aliphatic rings. The van der Waals surface area contributed by atoms with E-state index >= 15 is 0 Å². The summed E-state index contributed by atoms with van der Waals surface area (Å²) < 4.78 is 17.3. The molecule has 4 rings (SSSR count). The minimum Gasteiger partial charge on any atom is -0.488 e. The van der Waals surface area contributed by atoms with Crippen LogP contribution in [0, 0.1) is 6.92 Å². The van der Waals surface area contributed by atoms with E-state index in [1.54, 1.807) is 0 Å². The maximum atomic E-state index is 6.03. The lowest BCUT2D eigenvalue weighted by atomic mass is 10.1. The van der Waals surface area contributed by atoms with Gasteiger partial charge >= 0.3 is 0 Å². The van der Waals surface area contributed by atoms with E-state index in [4.69, 9.17) is 25.5 Å². The molecule has 2 aromatic carbocycles. The van der Waals surface area contributed by atoms with E-state index in [0.29, 0.717) is 17.5 Å². The van der Waals surface area contributed by atoms with Crippen molar-refractivity contribution in [3.05, 3.63) is 65.1 Å². The molecular formula is C22H23ClN2O3. The SMILES string of the molecule is Cc1nc(C(C)Nc2ccc(OC3CCOC3)cc2)oc1-c1ccc(Cl)cc1. The van der Waals surface area contributed by atoms with Gasteiger partial charge in [0.15, 0.2) is 5.76 Å². The third-order valence-corrected chi connectivity index (χ3v) is 4.97. The van der Waals surface area contributed by atoms with Crippen molar-refractivity contribution < 1.29 is 13.9 Å². The largest absolute Gasteiger partial charge is 0.488 e. The summed E-state index contributed by atoms with van der Waals surface area (Å²) in [7, 11) is 0. The number of nitrogens with zero attached hydrogens (tertiary/aromatic N) is 1. The summed E-state index contributed by atoms with van der Waals surface area (Å²) in [6.45, 7) is 5.41. The number of oxazole rings is 1. The van der Waals surface area contributed by atoms with Crippen molar-refractivity contribution in [3.8, 4) is 17.1 Å². The molecule has 0 amide bonds. The Kier molecular flexibility index (Phi) is 5.55. The van der Waals surface area contributed by atoms with Gasteiger partial charge in [0.25, 0.3) is 0 Å². The topological polar surface area (TPSA) is 56.5 Å². The Morgan fingerprint density at radius 3 is 2.57 bits per heavy atom. The van der Waals surface area contributed by atoms with Crippen molar-refractivity contribution in [3.63, 3.8) is 0 Å². The van der Waals surface area contributed by atoms with Gasteiger partial charge in [-0.05, 0) is 62.4 Å². The van der Waals surface area contributed by atoms with E-state index in [-0.39, 0.29) is 12.1 Å². The Labute approximate surface area is 169 Å². The summed E-state index contributed by atoms with van der Waals surface area (Å²) in [5.41, 5.74) is 2.80. The second-order valence-corrected chi connectivity index (χ2v) is 7.40. The van der Waals surface area contributed by atoms with Crippen LogP contribution in [-0.4, -0.2) is 24.3 Å². The predicted molar refractivity (Wildman–Crippen MR) is 110 cm³/mol. The highest BCUT2D eigenvalue weighted by molar-refractivity contribution is 6.30. The summed E-state index contributed by atoms with van der Waals surface area (Å²) in [5, 5.41) is 4.12. The van der Waals surface area contributed by atoms with E-state index in [0.717, 1.165) is 41.5 Å². The number of rotatable bonds is 6. The fraction of sp³-hybridized carbons (Fsp3) is 0.318. The molecule has 6 heteroatoms. The predicted octanol–water partition coefficient (Wildman–Crippen LogP) is 5.64. The Hall–Kier alpha value is -2.50. The molecule has 0 aliphatic carbocycles. The number of anilines is 1. The first-order chi connectivity index (χ1) is 13.6. The summed E-state index contributed by atoms with van der Waals surface area (Å²) in [4.78, 5) is 4.59. The van der Waals surface area contributed by atoms with E-state index < -0.39 is 0 Å². The van der Waals surface area contributed by atoms with E-state index in [9.17, 15) is 0 Å². The zero-order valence-electron chi connectivity index (χ0n) is 15.9. The average molecular weight is 399 g/mol. The van der Waals surface area contributed by atoms with Crippen LogP contribution in [0.5, 0.6) is 5.75 Å². The highest BCUT2D eigenvalue weighted by Crippen LogP contribution is 2.29. The Bertz CT molecular complexity index is 916. The van der Waals surface area contributed by atoms with E-state index in [1.807, 2.05) is 62.4 Å². The minimum atomic E-state index is -0.0743. The molecule has 1 fully saturated rings. The number of hydrogen-bond donors (Lipinski definition) is 1. The zero-order chi connectivity index (χ0) is 19.5. The second kappa shape index (κ2) is 8.25. The number of hydrogen-bond acceptors (Lipinski definition) is 5. The van der Waals surface area contributed by atoms with Crippen LogP contribution in [0.25, 0.3) is 11.3 Å². The first kappa shape index (κ1) is 18.8. The van der Waals surface area contributed by atoms with Gasteiger partial charge in [-0.25, -0.2) is 4.98 Å². The van der Waals surface area contributed by atoms with Gasteiger partial charge < -0.3 is 19.2 Å². The molecule has 1 aliphatic heterocycles. The van der Waals surface area contributed by atoms with Gasteiger partial charge in [0.1, 0.15) is 17.9 Å². The normalized spacial score (nSPS) is 17.5. The van der Waals surface area contributed by atoms with Crippen molar-refractivity contribution in [2.45, 2.75) is 32.4 Å². The van der Waals surface area contributed by atoms with Gasteiger partial charge in [0.2, 0.25) is 5.89 Å². The molecule has 1 aromatic heterocycles. The first-order valence-corrected chi connectivity index (χ1v) is 9.80. The average Bonchev–Trinajstić information content (AvgIpc) is 3.34. The molecule has 0 bridgehead atoms. The lowest BCUT2D eigenvalue weighted by molar-refractivity contribution is 0.141. The second-order valence-electron chi connectivity index (χ2n) is 6.97. The van der Waals surface area contributed by atoms with Gasteiger partial charge in [-0.1, -0.05) is 11.6 Å². The fourth-order valence-corrected chi connectivity index (χ4v) is 3.34. The smallest absolute Gasteiger partial charge is 0.217 e. The maximum absolute atomic E-state index is 6.03. The van der Waals surface area contributed by atoms with Crippen LogP contribution < -0.4 is 10.1 Å². The number of aryl methyl sites for hydroxylation is 1. The van der Waals surface area contributed by atoms with Crippen LogP contribution in [-0.2, 0) is 4.74 Å². The molecule has 2 unspecified atom stereocenters. The molecular weight excluding hydrogens is 376 g/mol. The molecule has 146 valence electrons. The van der Waals surface area contributed by atoms with Gasteiger partial charge in [-0.2, -0.15) is 0 Å². The van der Waals surface area contributed by atoms with Crippen molar-refractivity contribution in [1.29, 1.82) is 0 Å². The zero-order valence-corrected chi connectivity index (χ0v) is 16.7. The van der Waals surface area contributed by atoms with Crippen LogP contribution >= 0.6 is 11.6 Å². The highest BCUT2D eigenvalue weighted by atomic mass is 35.5. The molecule has 1 N–H and O–H groups in total. The summed E-state index contributed by atoms with van der Waals surface area (Å²) in [5.74, 6) is 2.26. The van der Waals surface area contributed by atoms with Crippen LogP contribution in [0.15, 0.2) is 52.9 Å². The third-order valence-electron chi connectivity index (χ3n) is 4.72. The molecule has 0 saturated carbocycles. The lowest BCUT2D eigenvalue weighted by Crippen LogP contribution is -2.15. The number of ether oxygens (including phenoxy) is 2. The molecule has 2 heterocycles. The van der Waals surface area contributed by atoms with Crippen molar-refractivity contribution in [2.75, 3.05) is 18.5 Å². The van der Waals surface area contributed by atoms with Gasteiger partial charge in [-0.3, -0.25) is 0 Å². The fourth-order valence-electron chi connectivity index (χ4n) is 3.21. The molecule has 5 nitrogen and oxygen atoms in total. The highest BCUT2D eigenvalue weighted by Gasteiger charge is 2.18. The summed E-state index contributed by atoms with van der Waals surface area (Å²) in [6, 6.07) is 15.4. The van der Waals surface area contributed by atoms with Gasteiger partial charge in [-0.15, -0.1) is 0 Å². The van der Waals surface area contributed by atoms with E-state index in [2.05, 4.69) is 10.3 Å². The molecule has 2 atom stereocenters. The number of benzene rings is 2. The molecule has 3 aromatic rings. The molecule has 0 spiro atoms. The number of aromatic nitrogens is 1. The standard InChI is InChI=1S/C22H23ClN2O3/c1-14-21(16-3-5-17(23)6-4-16)28-22(25-14)15(2)24-18-7-9-19(10-8-18)27-20-11-12-26-13-20/h3-10,15,20,24H,11-13H2,1-2H3. The number of nitrogens with one attached hydrogen (secondary N) is 1. The van der Waals surface area contributed by atoms with Crippen LogP contribution in [0.2, 0.25) is 5.02 Å². The lowest BCUT2D eigenvalue weighted by Gasteiger charge is -2.14. The minimum absolute atomic E-state index is 0.0743. The van der Waals surface area contributed by atoms with Crippen LogP contribution in [0.3, 0.4) is 0 Å². The van der Waals surface area contributed by atoms with E-state index in [1.165, 1.54) is 0 Å². The number of halogens is 1. The molecule has 28 heavy (non-hydrogen) atoms. The van der Waals surface area contributed by atoms with Crippen LogP contribution in [0.4, 0.5) is 5.69 Å².